The molecule has 80 valence electrons. The van der Waals surface area contributed by atoms with E-state index in [1.807, 2.05) is 4.68 Å². The van der Waals surface area contributed by atoms with Crippen molar-refractivity contribution in [2.75, 3.05) is 0 Å². The van der Waals surface area contributed by atoms with Crippen molar-refractivity contribution < 1.29 is 0 Å². The highest BCUT2D eigenvalue weighted by Crippen LogP contribution is 2.29. The fourth-order valence-electron chi connectivity index (χ4n) is 2.04. The van der Waals surface area contributed by atoms with Gasteiger partial charge in [-0.25, -0.2) is 9.67 Å². The van der Waals surface area contributed by atoms with Gasteiger partial charge in [-0.05, 0) is 30.5 Å². The van der Waals surface area contributed by atoms with Crippen LogP contribution in [0.15, 0.2) is 41.4 Å². The van der Waals surface area contributed by atoms with Gasteiger partial charge in [-0.1, -0.05) is 28.1 Å². The van der Waals surface area contributed by atoms with Gasteiger partial charge in [0.05, 0.1) is 5.70 Å². The summed E-state index contributed by atoms with van der Waals surface area (Å²) in [4.78, 5) is 3.99. The standard InChI is InChI=1S/C12H10BrN3/c13-10-4-5-11-9(6-10)2-1-3-12(11)16-8-14-7-15-16/h3-8H,1-2H2. The Bertz CT molecular complexity index is 543. The van der Waals surface area contributed by atoms with Gasteiger partial charge in [-0.2, -0.15) is 5.10 Å². The van der Waals surface area contributed by atoms with Gasteiger partial charge >= 0.3 is 0 Å². The molecule has 0 unspecified atom stereocenters. The zero-order valence-corrected chi connectivity index (χ0v) is 10.2. The minimum absolute atomic E-state index is 1.05. The van der Waals surface area contributed by atoms with Crippen molar-refractivity contribution in [2.24, 2.45) is 0 Å². The van der Waals surface area contributed by atoms with Crippen molar-refractivity contribution >= 4 is 21.6 Å². The second-order valence-corrected chi connectivity index (χ2v) is 4.69. The third-order valence-corrected chi connectivity index (χ3v) is 3.25. The summed E-state index contributed by atoms with van der Waals surface area (Å²) in [6.45, 7) is 0. The molecule has 0 fully saturated rings. The molecule has 1 heterocycles. The van der Waals surface area contributed by atoms with Crippen LogP contribution in [0.1, 0.15) is 17.5 Å². The van der Waals surface area contributed by atoms with Gasteiger partial charge in [-0.3, -0.25) is 0 Å². The number of aryl methyl sites for hydroxylation is 1. The highest BCUT2D eigenvalue weighted by Gasteiger charge is 2.14. The molecule has 0 spiro atoms. The SMILES string of the molecule is Brc1ccc2c(c1)CCC=C2n1cncn1. The smallest absolute Gasteiger partial charge is 0.138 e. The fourth-order valence-corrected chi connectivity index (χ4v) is 2.45. The number of aromatic nitrogens is 3. The van der Waals surface area contributed by atoms with Crippen molar-refractivity contribution in [2.45, 2.75) is 12.8 Å². The van der Waals surface area contributed by atoms with Crippen LogP contribution in [0, 0.1) is 0 Å². The lowest BCUT2D eigenvalue weighted by molar-refractivity contribution is 0.865. The maximum atomic E-state index is 4.19. The van der Waals surface area contributed by atoms with Crippen LogP contribution in [0.25, 0.3) is 5.70 Å². The molecule has 0 aliphatic heterocycles. The molecule has 16 heavy (non-hydrogen) atoms. The lowest BCUT2D eigenvalue weighted by atomic mass is 9.95. The van der Waals surface area contributed by atoms with Gasteiger partial charge in [-0.15, -0.1) is 0 Å². The minimum Gasteiger partial charge on any atom is -0.223 e. The first-order chi connectivity index (χ1) is 7.84. The number of hydrogen-bond donors (Lipinski definition) is 0. The molecule has 4 heteroatoms. The Kier molecular flexibility index (Phi) is 2.36. The van der Waals surface area contributed by atoms with Crippen LogP contribution in [-0.2, 0) is 6.42 Å². The highest BCUT2D eigenvalue weighted by molar-refractivity contribution is 9.10. The first-order valence-corrected chi connectivity index (χ1v) is 5.98. The second kappa shape index (κ2) is 3.87. The Hall–Kier alpha value is -1.42. The average Bonchev–Trinajstić information content (AvgIpc) is 2.81. The van der Waals surface area contributed by atoms with Crippen LogP contribution in [0.4, 0.5) is 0 Å². The molecule has 0 amide bonds. The van der Waals surface area contributed by atoms with E-state index in [1.165, 1.54) is 11.1 Å². The summed E-state index contributed by atoms with van der Waals surface area (Å²) in [5.74, 6) is 0. The lowest BCUT2D eigenvalue weighted by Crippen LogP contribution is -2.07. The Morgan fingerprint density at radius 1 is 1.31 bits per heavy atom. The quantitative estimate of drug-likeness (QED) is 0.801. The van der Waals surface area contributed by atoms with Crippen LogP contribution < -0.4 is 0 Å². The van der Waals surface area contributed by atoms with Crippen LogP contribution in [0.3, 0.4) is 0 Å². The van der Waals surface area contributed by atoms with Crippen molar-refractivity contribution in [1.82, 2.24) is 14.8 Å². The maximum Gasteiger partial charge on any atom is 0.138 e. The van der Waals surface area contributed by atoms with Gasteiger partial charge in [0.15, 0.2) is 0 Å². The molecule has 0 radical (unpaired) electrons. The van der Waals surface area contributed by atoms with E-state index >= 15 is 0 Å². The molecule has 0 bridgehead atoms. The molecule has 0 atom stereocenters. The first kappa shape index (κ1) is 9.78. The number of halogens is 1. The summed E-state index contributed by atoms with van der Waals surface area (Å²) < 4.78 is 2.96. The van der Waals surface area contributed by atoms with Crippen LogP contribution in [-0.4, -0.2) is 14.8 Å². The van der Waals surface area contributed by atoms with Gasteiger partial charge in [0.2, 0.25) is 0 Å². The summed E-state index contributed by atoms with van der Waals surface area (Å²) in [6, 6.07) is 6.38. The van der Waals surface area contributed by atoms with Gasteiger partial charge in [0.1, 0.15) is 12.7 Å². The van der Waals surface area contributed by atoms with Crippen molar-refractivity contribution in [3.63, 3.8) is 0 Å². The molecule has 1 aromatic carbocycles. The highest BCUT2D eigenvalue weighted by atomic mass is 79.9. The predicted octanol–water partition coefficient (Wildman–Crippen LogP) is 2.88. The summed E-state index contributed by atoms with van der Waals surface area (Å²) in [5.41, 5.74) is 3.74. The zero-order valence-electron chi connectivity index (χ0n) is 8.60. The molecule has 2 aromatic rings. The molecule has 1 aliphatic rings. The van der Waals surface area contributed by atoms with Gasteiger partial charge in [0.25, 0.3) is 0 Å². The second-order valence-electron chi connectivity index (χ2n) is 3.77. The third kappa shape index (κ3) is 1.59. The maximum absolute atomic E-state index is 4.19. The number of hydrogen-bond acceptors (Lipinski definition) is 2. The molecular weight excluding hydrogens is 266 g/mol. The minimum atomic E-state index is 1.05. The third-order valence-electron chi connectivity index (χ3n) is 2.76. The Balaban J connectivity index is 2.14. The molecule has 1 aromatic heterocycles. The normalized spacial score (nSPS) is 14.4. The number of rotatable bonds is 1. The van der Waals surface area contributed by atoms with Crippen LogP contribution >= 0.6 is 15.9 Å². The molecule has 0 N–H and O–H groups in total. The number of benzene rings is 1. The average molecular weight is 276 g/mol. The largest absolute Gasteiger partial charge is 0.223 e. The molecule has 3 nitrogen and oxygen atoms in total. The van der Waals surface area contributed by atoms with E-state index in [9.17, 15) is 0 Å². The van der Waals surface area contributed by atoms with E-state index in [2.05, 4.69) is 50.3 Å². The molecule has 0 saturated heterocycles. The molecular formula is C12H10BrN3. The number of allylic oxidation sites excluding steroid dienone is 1. The monoisotopic (exact) mass is 275 g/mol. The zero-order chi connectivity index (χ0) is 11.0. The molecule has 3 rings (SSSR count). The Labute approximate surface area is 102 Å². The fraction of sp³-hybridized carbons (Fsp3) is 0.167. The summed E-state index contributed by atoms with van der Waals surface area (Å²) >= 11 is 3.50. The Morgan fingerprint density at radius 3 is 3.06 bits per heavy atom. The van der Waals surface area contributed by atoms with Crippen molar-refractivity contribution in [1.29, 1.82) is 0 Å². The van der Waals surface area contributed by atoms with E-state index in [4.69, 9.17) is 0 Å². The lowest BCUT2D eigenvalue weighted by Gasteiger charge is -2.17. The Morgan fingerprint density at radius 2 is 2.25 bits per heavy atom. The summed E-state index contributed by atoms with van der Waals surface area (Å²) in [5, 5.41) is 4.19. The van der Waals surface area contributed by atoms with E-state index in [0.717, 1.165) is 23.0 Å². The predicted molar refractivity (Wildman–Crippen MR) is 65.9 cm³/mol. The van der Waals surface area contributed by atoms with Gasteiger partial charge < -0.3 is 0 Å². The number of fused-ring (bicyclic) bond motifs is 1. The number of nitrogens with zero attached hydrogens (tertiary/aromatic N) is 3. The van der Waals surface area contributed by atoms with Crippen molar-refractivity contribution in [3.8, 4) is 0 Å². The van der Waals surface area contributed by atoms with E-state index < -0.39 is 0 Å². The summed E-state index contributed by atoms with van der Waals surface area (Å²) in [7, 11) is 0. The molecule has 0 saturated carbocycles. The summed E-state index contributed by atoms with van der Waals surface area (Å²) in [6.07, 6.45) is 7.66. The van der Waals surface area contributed by atoms with Crippen LogP contribution in [0.5, 0.6) is 0 Å². The topological polar surface area (TPSA) is 30.7 Å². The van der Waals surface area contributed by atoms with Crippen LogP contribution in [0.2, 0.25) is 0 Å². The first-order valence-electron chi connectivity index (χ1n) is 5.18. The van der Waals surface area contributed by atoms with E-state index in [0.29, 0.717) is 0 Å². The molecule has 1 aliphatic carbocycles. The van der Waals surface area contributed by atoms with E-state index in [-0.39, 0.29) is 0 Å². The van der Waals surface area contributed by atoms with Gasteiger partial charge in [0, 0.05) is 10.0 Å². The van der Waals surface area contributed by atoms with E-state index in [1.54, 1.807) is 12.7 Å². The van der Waals surface area contributed by atoms with Crippen molar-refractivity contribution in [3.05, 3.63) is 52.5 Å².